The number of aromatic nitrogens is 2. The SMILES string of the molecule is CCC(=O)NC(Cc1ccc(NC(=O)C(NC(=O)c2ccnn2C)C2CCCCC2)cc1)C(=O)N1CCNC(c2ccccc2)C1. The van der Waals surface area contributed by atoms with Gasteiger partial charge < -0.3 is 26.2 Å². The number of benzene rings is 2. The van der Waals surface area contributed by atoms with Crippen molar-refractivity contribution in [2.24, 2.45) is 13.0 Å². The minimum Gasteiger partial charge on any atom is -0.344 e. The van der Waals surface area contributed by atoms with Gasteiger partial charge in [0.05, 0.1) is 0 Å². The van der Waals surface area contributed by atoms with Crippen LogP contribution >= 0.6 is 0 Å². The summed E-state index contributed by atoms with van der Waals surface area (Å²) < 4.78 is 1.49. The fourth-order valence-electron chi connectivity index (χ4n) is 6.43. The summed E-state index contributed by atoms with van der Waals surface area (Å²) in [5, 5.41) is 16.5. The number of piperazine rings is 1. The van der Waals surface area contributed by atoms with Gasteiger partial charge >= 0.3 is 0 Å². The van der Waals surface area contributed by atoms with Crippen LogP contribution in [0.25, 0.3) is 0 Å². The lowest BCUT2D eigenvalue weighted by molar-refractivity contribution is -0.137. The van der Waals surface area contributed by atoms with Crippen molar-refractivity contribution in [1.82, 2.24) is 30.6 Å². The van der Waals surface area contributed by atoms with Crippen LogP contribution in [-0.2, 0) is 27.9 Å². The Morgan fingerprint density at radius 2 is 1.70 bits per heavy atom. The lowest BCUT2D eigenvalue weighted by atomic mass is 9.83. The van der Waals surface area contributed by atoms with Gasteiger partial charge in [0.15, 0.2) is 0 Å². The molecule has 1 aliphatic heterocycles. The summed E-state index contributed by atoms with van der Waals surface area (Å²) in [4.78, 5) is 54.6. The summed E-state index contributed by atoms with van der Waals surface area (Å²) in [6.07, 6.45) is 7.10. The summed E-state index contributed by atoms with van der Waals surface area (Å²) >= 11 is 0. The van der Waals surface area contributed by atoms with Gasteiger partial charge in [0.25, 0.3) is 5.91 Å². The van der Waals surface area contributed by atoms with Crippen LogP contribution in [0.5, 0.6) is 0 Å². The molecule has 3 atom stereocenters. The Morgan fingerprint density at radius 1 is 0.957 bits per heavy atom. The standard InChI is InChI=1S/C35H45N7O4/c1-3-31(43)39-28(35(46)42-21-20-36-29(23-42)25-10-6-4-7-11-25)22-24-14-16-27(17-15-24)38-34(45)32(26-12-8-5-9-13-26)40-33(44)30-18-19-37-41(30)2/h4,6-7,10-11,14-19,26,28-29,32,36H,3,5,8-9,12-13,20-23H2,1-2H3,(H,38,45)(H,39,43)(H,40,44). The zero-order valence-corrected chi connectivity index (χ0v) is 26.7. The molecule has 11 nitrogen and oxygen atoms in total. The highest BCUT2D eigenvalue weighted by Gasteiger charge is 2.33. The average molecular weight is 628 g/mol. The average Bonchev–Trinajstić information content (AvgIpc) is 3.53. The van der Waals surface area contributed by atoms with E-state index in [-0.39, 0.29) is 42.0 Å². The van der Waals surface area contributed by atoms with Crippen molar-refractivity contribution in [2.75, 3.05) is 25.0 Å². The molecule has 1 aliphatic carbocycles. The highest BCUT2D eigenvalue weighted by atomic mass is 16.2. The number of nitrogens with one attached hydrogen (secondary N) is 4. The predicted octanol–water partition coefficient (Wildman–Crippen LogP) is 3.35. The monoisotopic (exact) mass is 627 g/mol. The summed E-state index contributed by atoms with van der Waals surface area (Å²) in [7, 11) is 1.70. The maximum Gasteiger partial charge on any atom is 0.270 e. The van der Waals surface area contributed by atoms with Crippen molar-refractivity contribution < 1.29 is 19.2 Å². The number of amides is 4. The third-order valence-corrected chi connectivity index (χ3v) is 9.05. The van der Waals surface area contributed by atoms with Crippen LogP contribution in [0.3, 0.4) is 0 Å². The number of anilines is 1. The van der Waals surface area contributed by atoms with E-state index >= 15 is 0 Å². The molecule has 244 valence electrons. The largest absolute Gasteiger partial charge is 0.344 e. The van der Waals surface area contributed by atoms with Crippen LogP contribution in [0.4, 0.5) is 5.69 Å². The molecule has 3 aromatic rings. The molecule has 2 fully saturated rings. The summed E-state index contributed by atoms with van der Waals surface area (Å²) in [6.45, 7) is 3.51. The number of hydrogen-bond acceptors (Lipinski definition) is 6. The van der Waals surface area contributed by atoms with Gasteiger partial charge in [-0.3, -0.25) is 23.9 Å². The van der Waals surface area contributed by atoms with Crippen LogP contribution in [0.15, 0.2) is 66.9 Å². The van der Waals surface area contributed by atoms with E-state index < -0.39 is 12.1 Å². The van der Waals surface area contributed by atoms with Crippen molar-refractivity contribution in [3.63, 3.8) is 0 Å². The second kappa shape index (κ2) is 15.7. The smallest absolute Gasteiger partial charge is 0.270 e. The van der Waals surface area contributed by atoms with E-state index in [0.29, 0.717) is 37.4 Å². The first kappa shape index (κ1) is 32.9. The highest BCUT2D eigenvalue weighted by Crippen LogP contribution is 2.28. The third kappa shape index (κ3) is 8.39. The first-order valence-corrected chi connectivity index (χ1v) is 16.4. The molecule has 1 saturated carbocycles. The molecule has 2 heterocycles. The Balaban J connectivity index is 1.25. The number of carbonyl (C=O) groups is 4. The molecule has 4 amide bonds. The highest BCUT2D eigenvalue weighted by molar-refractivity contribution is 6.00. The topological polar surface area (TPSA) is 137 Å². The molecule has 0 bridgehead atoms. The van der Waals surface area contributed by atoms with Crippen LogP contribution in [0, 0.1) is 5.92 Å². The number of hydrogen-bond donors (Lipinski definition) is 4. The Labute approximate surface area is 270 Å². The minimum atomic E-state index is -0.708. The first-order chi connectivity index (χ1) is 22.3. The molecule has 5 rings (SSSR count). The van der Waals surface area contributed by atoms with Crippen molar-refractivity contribution in [3.8, 4) is 0 Å². The van der Waals surface area contributed by atoms with E-state index in [9.17, 15) is 19.2 Å². The van der Waals surface area contributed by atoms with E-state index in [1.165, 1.54) is 4.68 Å². The van der Waals surface area contributed by atoms with Gasteiger partial charge in [-0.1, -0.05) is 68.7 Å². The Morgan fingerprint density at radius 3 is 2.37 bits per heavy atom. The number of rotatable bonds is 11. The minimum absolute atomic E-state index is 0.0238. The van der Waals surface area contributed by atoms with E-state index in [1.807, 2.05) is 47.4 Å². The second-order valence-corrected chi connectivity index (χ2v) is 12.3. The second-order valence-electron chi connectivity index (χ2n) is 12.3. The third-order valence-electron chi connectivity index (χ3n) is 9.05. The van der Waals surface area contributed by atoms with E-state index in [2.05, 4.69) is 26.4 Å². The van der Waals surface area contributed by atoms with E-state index in [0.717, 1.165) is 43.2 Å². The van der Waals surface area contributed by atoms with E-state index in [4.69, 9.17) is 0 Å². The maximum absolute atomic E-state index is 13.7. The number of nitrogens with zero attached hydrogens (tertiary/aromatic N) is 3. The maximum atomic E-state index is 13.7. The van der Waals surface area contributed by atoms with Gasteiger partial charge in [-0.25, -0.2) is 0 Å². The predicted molar refractivity (Wildman–Crippen MR) is 176 cm³/mol. The zero-order valence-electron chi connectivity index (χ0n) is 26.7. The van der Waals surface area contributed by atoms with Gasteiger partial charge in [0.2, 0.25) is 17.7 Å². The molecule has 4 N–H and O–H groups in total. The van der Waals surface area contributed by atoms with Crippen LogP contribution in [-0.4, -0.2) is 70.0 Å². The van der Waals surface area contributed by atoms with Crippen LogP contribution in [0.2, 0.25) is 0 Å². The molecular weight excluding hydrogens is 582 g/mol. The summed E-state index contributed by atoms with van der Waals surface area (Å²) in [6, 6.07) is 17.6. The molecule has 2 aliphatic rings. The lowest BCUT2D eigenvalue weighted by Crippen LogP contribution is -2.55. The van der Waals surface area contributed by atoms with Gasteiger partial charge in [-0.2, -0.15) is 5.10 Å². The molecule has 0 radical (unpaired) electrons. The fraction of sp³-hybridized carbons (Fsp3) is 0.457. The summed E-state index contributed by atoms with van der Waals surface area (Å²) in [5.41, 5.74) is 2.97. The first-order valence-electron chi connectivity index (χ1n) is 16.4. The normalized spacial score (nSPS) is 18.3. The molecule has 1 saturated heterocycles. The molecule has 1 aromatic heterocycles. The van der Waals surface area contributed by atoms with E-state index in [1.54, 1.807) is 38.4 Å². The van der Waals surface area contributed by atoms with Crippen LogP contribution in [0.1, 0.15) is 73.1 Å². The van der Waals surface area contributed by atoms with Gasteiger partial charge in [0.1, 0.15) is 17.8 Å². The van der Waals surface area contributed by atoms with Crippen molar-refractivity contribution in [3.05, 3.63) is 83.7 Å². The lowest BCUT2D eigenvalue weighted by Gasteiger charge is -2.36. The van der Waals surface area contributed by atoms with Crippen molar-refractivity contribution >= 4 is 29.3 Å². The Hall–Kier alpha value is -4.51. The zero-order chi connectivity index (χ0) is 32.5. The number of carbonyl (C=O) groups excluding carboxylic acids is 4. The van der Waals surface area contributed by atoms with Crippen molar-refractivity contribution in [1.29, 1.82) is 0 Å². The van der Waals surface area contributed by atoms with Gasteiger partial charge in [-0.15, -0.1) is 0 Å². The molecule has 3 unspecified atom stereocenters. The molecule has 0 spiro atoms. The molecule has 11 heteroatoms. The van der Waals surface area contributed by atoms with Crippen LogP contribution < -0.4 is 21.3 Å². The van der Waals surface area contributed by atoms with Gasteiger partial charge in [-0.05, 0) is 48.1 Å². The Kier molecular flexibility index (Phi) is 11.2. The quantitative estimate of drug-likeness (QED) is 0.257. The molecular formula is C35H45N7O4. The van der Waals surface area contributed by atoms with Gasteiger partial charge in [0, 0.05) is 57.4 Å². The fourth-order valence-corrected chi connectivity index (χ4v) is 6.43. The molecule has 2 aromatic carbocycles. The summed E-state index contributed by atoms with van der Waals surface area (Å²) in [5.74, 6) is -0.832. The number of aryl methyl sites for hydroxylation is 1. The molecule has 46 heavy (non-hydrogen) atoms. The van der Waals surface area contributed by atoms with Crippen molar-refractivity contribution in [2.45, 2.75) is 70.0 Å². The Bertz CT molecular complexity index is 1480.